The fourth-order valence-corrected chi connectivity index (χ4v) is 3.11. The molecule has 1 amide bonds. The van der Waals surface area contributed by atoms with Crippen molar-refractivity contribution >= 4 is 11.6 Å². The number of likely N-dealkylation sites (N-methyl/N-ethyl adjacent to an activating group) is 1. The summed E-state index contributed by atoms with van der Waals surface area (Å²) in [7, 11) is 1.90. The number of nitrogen functional groups attached to an aromatic ring is 1. The van der Waals surface area contributed by atoms with Gasteiger partial charge in [0.15, 0.2) is 0 Å². The van der Waals surface area contributed by atoms with Crippen molar-refractivity contribution in [1.29, 1.82) is 0 Å². The number of rotatable bonds is 5. The van der Waals surface area contributed by atoms with Crippen LogP contribution in [0.1, 0.15) is 32.8 Å². The lowest BCUT2D eigenvalue weighted by Crippen LogP contribution is -2.62. The molecule has 0 heterocycles. The van der Waals surface area contributed by atoms with Gasteiger partial charge in [0, 0.05) is 30.8 Å². The van der Waals surface area contributed by atoms with Crippen LogP contribution in [0, 0.1) is 5.41 Å². The molecule has 1 saturated carbocycles. The second-order valence-corrected chi connectivity index (χ2v) is 6.44. The predicted octanol–water partition coefficient (Wildman–Crippen LogP) is 2.47. The zero-order valence-electron chi connectivity index (χ0n) is 13.4. The highest BCUT2D eigenvalue weighted by atomic mass is 16.5. The highest BCUT2D eigenvalue weighted by molar-refractivity contribution is 5.79. The number of carbonyl (C=O) groups is 1. The van der Waals surface area contributed by atoms with Gasteiger partial charge in [-0.15, -0.1) is 0 Å². The molecule has 0 radical (unpaired) electrons. The number of benzene rings is 1. The summed E-state index contributed by atoms with van der Waals surface area (Å²) in [5, 5.41) is 0. The van der Waals surface area contributed by atoms with Crippen molar-refractivity contribution in [3.63, 3.8) is 0 Å². The smallest absolute Gasteiger partial charge is 0.227 e. The van der Waals surface area contributed by atoms with Crippen molar-refractivity contribution < 1.29 is 9.53 Å². The number of amides is 1. The van der Waals surface area contributed by atoms with Crippen molar-refractivity contribution in [3.8, 4) is 0 Å². The zero-order chi connectivity index (χ0) is 15.6. The third-order valence-corrected chi connectivity index (χ3v) is 4.69. The monoisotopic (exact) mass is 290 g/mol. The van der Waals surface area contributed by atoms with E-state index in [1.807, 2.05) is 43.1 Å². The SMILES string of the molecule is CCOC1CC(N(C)C(=O)Cc2ccc(N)cc2)C1(C)C. The Kier molecular flexibility index (Phi) is 4.57. The highest BCUT2D eigenvalue weighted by Gasteiger charge is 2.51. The summed E-state index contributed by atoms with van der Waals surface area (Å²) in [6.45, 7) is 7.09. The minimum atomic E-state index is 0.0154. The number of hydrogen-bond donors (Lipinski definition) is 1. The summed E-state index contributed by atoms with van der Waals surface area (Å²) in [5.41, 5.74) is 7.40. The number of ether oxygens (including phenoxy) is 1. The lowest BCUT2D eigenvalue weighted by atomic mass is 9.63. The van der Waals surface area contributed by atoms with Crippen LogP contribution >= 0.6 is 0 Å². The molecule has 0 aliphatic heterocycles. The predicted molar refractivity (Wildman–Crippen MR) is 84.9 cm³/mol. The Balaban J connectivity index is 1.96. The summed E-state index contributed by atoms with van der Waals surface area (Å²) in [6.07, 6.45) is 1.59. The van der Waals surface area contributed by atoms with Gasteiger partial charge in [-0.2, -0.15) is 0 Å². The molecule has 0 aromatic heterocycles. The number of nitrogens with two attached hydrogens (primary N) is 1. The maximum Gasteiger partial charge on any atom is 0.227 e. The first-order chi connectivity index (χ1) is 9.86. The Morgan fingerprint density at radius 1 is 1.38 bits per heavy atom. The molecule has 1 fully saturated rings. The largest absolute Gasteiger partial charge is 0.399 e. The first-order valence-electron chi connectivity index (χ1n) is 7.58. The van der Waals surface area contributed by atoms with E-state index in [9.17, 15) is 4.79 Å². The summed E-state index contributed by atoms with van der Waals surface area (Å²) in [6, 6.07) is 7.74. The molecule has 1 aliphatic rings. The molecule has 2 unspecified atom stereocenters. The maximum atomic E-state index is 12.4. The van der Waals surface area contributed by atoms with Crippen LogP contribution < -0.4 is 5.73 Å². The van der Waals surface area contributed by atoms with E-state index in [2.05, 4.69) is 13.8 Å². The lowest BCUT2D eigenvalue weighted by molar-refractivity contribution is -0.162. The van der Waals surface area contributed by atoms with Crippen molar-refractivity contribution in [2.45, 2.75) is 45.8 Å². The van der Waals surface area contributed by atoms with Gasteiger partial charge in [0.25, 0.3) is 0 Å². The van der Waals surface area contributed by atoms with Crippen molar-refractivity contribution in [1.82, 2.24) is 4.90 Å². The fourth-order valence-electron chi connectivity index (χ4n) is 3.11. The molecule has 0 bridgehead atoms. The zero-order valence-corrected chi connectivity index (χ0v) is 13.4. The van der Waals surface area contributed by atoms with Crippen LogP contribution in [-0.4, -0.2) is 36.6 Å². The Morgan fingerprint density at radius 3 is 2.52 bits per heavy atom. The second-order valence-electron chi connectivity index (χ2n) is 6.44. The van der Waals surface area contributed by atoms with Gasteiger partial charge in [-0.1, -0.05) is 26.0 Å². The maximum absolute atomic E-state index is 12.4. The van der Waals surface area contributed by atoms with Gasteiger partial charge >= 0.3 is 0 Å². The molecule has 116 valence electrons. The Hall–Kier alpha value is -1.55. The molecule has 0 saturated heterocycles. The molecule has 1 aromatic carbocycles. The van der Waals surface area contributed by atoms with E-state index in [0.717, 1.165) is 24.3 Å². The van der Waals surface area contributed by atoms with Crippen LogP contribution in [0.5, 0.6) is 0 Å². The first kappa shape index (κ1) is 15.8. The Labute approximate surface area is 127 Å². The van der Waals surface area contributed by atoms with Gasteiger partial charge in [0.2, 0.25) is 5.91 Å². The molecule has 21 heavy (non-hydrogen) atoms. The van der Waals surface area contributed by atoms with E-state index < -0.39 is 0 Å². The minimum Gasteiger partial charge on any atom is -0.399 e. The summed E-state index contributed by atoms with van der Waals surface area (Å²) < 4.78 is 5.73. The highest BCUT2D eigenvalue weighted by Crippen LogP contribution is 2.45. The molecular formula is C17H26N2O2. The van der Waals surface area contributed by atoms with Crippen LogP contribution in [0.15, 0.2) is 24.3 Å². The van der Waals surface area contributed by atoms with Crippen molar-refractivity contribution in [2.24, 2.45) is 5.41 Å². The van der Waals surface area contributed by atoms with Gasteiger partial charge in [0.1, 0.15) is 0 Å². The molecule has 2 atom stereocenters. The third kappa shape index (κ3) is 3.21. The number of anilines is 1. The number of nitrogens with zero attached hydrogens (tertiary/aromatic N) is 1. The fraction of sp³-hybridized carbons (Fsp3) is 0.588. The van der Waals surface area contributed by atoms with Crippen LogP contribution in [0.4, 0.5) is 5.69 Å². The van der Waals surface area contributed by atoms with Gasteiger partial charge in [0.05, 0.1) is 12.5 Å². The molecule has 2 rings (SSSR count). The average molecular weight is 290 g/mol. The Bertz CT molecular complexity index is 496. The third-order valence-electron chi connectivity index (χ3n) is 4.69. The second kappa shape index (κ2) is 6.06. The molecule has 1 aromatic rings. The topological polar surface area (TPSA) is 55.6 Å². The van der Waals surface area contributed by atoms with E-state index in [-0.39, 0.29) is 23.5 Å². The van der Waals surface area contributed by atoms with E-state index in [1.165, 1.54) is 0 Å². The van der Waals surface area contributed by atoms with Crippen LogP contribution in [-0.2, 0) is 16.0 Å². The quantitative estimate of drug-likeness (QED) is 0.848. The van der Waals surface area contributed by atoms with Gasteiger partial charge in [-0.05, 0) is 31.0 Å². The molecule has 0 spiro atoms. The number of carbonyl (C=O) groups excluding carboxylic acids is 1. The van der Waals surface area contributed by atoms with Gasteiger partial charge in [-0.3, -0.25) is 4.79 Å². The summed E-state index contributed by atoms with van der Waals surface area (Å²) >= 11 is 0. The van der Waals surface area contributed by atoms with Crippen molar-refractivity contribution in [3.05, 3.63) is 29.8 Å². The Morgan fingerprint density at radius 2 is 2.00 bits per heavy atom. The molecule has 1 aliphatic carbocycles. The van der Waals surface area contributed by atoms with E-state index in [4.69, 9.17) is 10.5 Å². The van der Waals surface area contributed by atoms with Crippen LogP contribution in [0.25, 0.3) is 0 Å². The van der Waals surface area contributed by atoms with Crippen LogP contribution in [0.2, 0.25) is 0 Å². The number of hydrogen-bond acceptors (Lipinski definition) is 3. The van der Waals surface area contributed by atoms with E-state index in [0.29, 0.717) is 6.42 Å². The van der Waals surface area contributed by atoms with Crippen molar-refractivity contribution in [2.75, 3.05) is 19.4 Å². The summed E-state index contributed by atoms with van der Waals surface area (Å²) in [5.74, 6) is 0.146. The molecular weight excluding hydrogens is 264 g/mol. The normalized spacial score (nSPS) is 23.4. The minimum absolute atomic E-state index is 0.0154. The summed E-state index contributed by atoms with van der Waals surface area (Å²) in [4.78, 5) is 14.3. The standard InChI is InChI=1S/C17H26N2O2/c1-5-21-15-11-14(17(15,2)3)19(4)16(20)10-12-6-8-13(18)9-7-12/h6-9,14-15H,5,10-11,18H2,1-4H3. The molecule has 4 nitrogen and oxygen atoms in total. The molecule has 2 N–H and O–H groups in total. The van der Waals surface area contributed by atoms with Gasteiger partial charge < -0.3 is 15.4 Å². The van der Waals surface area contributed by atoms with Crippen LogP contribution in [0.3, 0.4) is 0 Å². The lowest BCUT2D eigenvalue weighted by Gasteiger charge is -2.54. The first-order valence-corrected chi connectivity index (χ1v) is 7.58. The van der Waals surface area contributed by atoms with E-state index in [1.54, 1.807) is 0 Å². The van der Waals surface area contributed by atoms with E-state index >= 15 is 0 Å². The molecule has 4 heteroatoms. The van der Waals surface area contributed by atoms with Gasteiger partial charge in [-0.25, -0.2) is 0 Å². The average Bonchev–Trinajstić information content (AvgIpc) is 2.44.